The molecular formula is C19H20N2O5. The number of rotatable bonds is 7. The molecule has 136 valence electrons. The maximum absolute atomic E-state index is 12.3. The second-order valence-electron chi connectivity index (χ2n) is 5.73. The Morgan fingerprint density at radius 3 is 2.46 bits per heavy atom. The molecule has 0 unspecified atom stereocenters. The third kappa shape index (κ3) is 4.66. The third-order valence-corrected chi connectivity index (χ3v) is 4.02. The van der Waals surface area contributed by atoms with Gasteiger partial charge in [0.2, 0.25) is 0 Å². The SMILES string of the molecule is CC[C@@H](C(=O)OCC(=O)Nc1cccc([N+](=O)[O-])c1C)c1ccccc1. The summed E-state index contributed by atoms with van der Waals surface area (Å²) < 4.78 is 5.12. The van der Waals surface area contributed by atoms with Crippen LogP contribution < -0.4 is 5.32 Å². The van der Waals surface area contributed by atoms with E-state index in [0.717, 1.165) is 5.56 Å². The molecule has 0 aliphatic carbocycles. The number of nitro benzene ring substituents is 1. The summed E-state index contributed by atoms with van der Waals surface area (Å²) in [5.41, 5.74) is 1.40. The fraction of sp³-hybridized carbons (Fsp3) is 0.263. The molecule has 0 spiro atoms. The molecule has 1 atom stereocenters. The highest BCUT2D eigenvalue weighted by atomic mass is 16.6. The molecule has 0 fully saturated rings. The van der Waals surface area contributed by atoms with Crippen molar-refractivity contribution in [2.45, 2.75) is 26.2 Å². The molecule has 0 radical (unpaired) electrons. The molecule has 1 N–H and O–H groups in total. The Bertz CT molecular complexity index is 805. The topological polar surface area (TPSA) is 98.5 Å². The van der Waals surface area contributed by atoms with Crippen molar-refractivity contribution in [3.05, 3.63) is 69.8 Å². The number of carbonyl (C=O) groups is 2. The van der Waals surface area contributed by atoms with Gasteiger partial charge in [-0.25, -0.2) is 0 Å². The van der Waals surface area contributed by atoms with Crippen LogP contribution in [-0.4, -0.2) is 23.4 Å². The minimum atomic E-state index is -0.551. The third-order valence-electron chi connectivity index (χ3n) is 4.02. The average molecular weight is 356 g/mol. The van der Waals surface area contributed by atoms with Crippen LogP contribution in [0.2, 0.25) is 0 Å². The molecule has 2 aromatic rings. The van der Waals surface area contributed by atoms with Crippen LogP contribution >= 0.6 is 0 Å². The van der Waals surface area contributed by atoms with Crippen LogP contribution in [0, 0.1) is 17.0 Å². The number of benzene rings is 2. The lowest BCUT2D eigenvalue weighted by Crippen LogP contribution is -2.24. The fourth-order valence-corrected chi connectivity index (χ4v) is 2.60. The Hall–Kier alpha value is -3.22. The van der Waals surface area contributed by atoms with Gasteiger partial charge in [0.15, 0.2) is 6.61 Å². The second kappa shape index (κ2) is 8.75. The standard InChI is InChI=1S/C19H20N2O5/c1-3-15(14-8-5-4-6-9-14)19(23)26-12-18(22)20-16-10-7-11-17(13(16)2)21(24)25/h4-11,15H,3,12H2,1-2H3,(H,20,22)/t15-/m1/s1. The number of carbonyl (C=O) groups excluding carboxylic acids is 2. The van der Waals surface area contributed by atoms with Crippen molar-refractivity contribution >= 4 is 23.3 Å². The van der Waals surface area contributed by atoms with E-state index in [2.05, 4.69) is 5.32 Å². The molecule has 0 aromatic heterocycles. The molecule has 1 amide bonds. The largest absolute Gasteiger partial charge is 0.455 e. The van der Waals surface area contributed by atoms with Gasteiger partial charge < -0.3 is 10.1 Å². The summed E-state index contributed by atoms with van der Waals surface area (Å²) >= 11 is 0. The van der Waals surface area contributed by atoms with Gasteiger partial charge in [0.1, 0.15) is 0 Å². The van der Waals surface area contributed by atoms with Crippen molar-refractivity contribution in [2.75, 3.05) is 11.9 Å². The Kier molecular flexibility index (Phi) is 6.43. The van der Waals surface area contributed by atoms with E-state index >= 15 is 0 Å². The number of anilines is 1. The molecule has 0 saturated carbocycles. The molecule has 2 rings (SSSR count). The molecule has 2 aromatic carbocycles. The van der Waals surface area contributed by atoms with Crippen molar-refractivity contribution in [3.63, 3.8) is 0 Å². The predicted molar refractivity (Wildman–Crippen MR) is 96.9 cm³/mol. The number of hydrogen-bond donors (Lipinski definition) is 1. The first-order valence-corrected chi connectivity index (χ1v) is 8.19. The zero-order valence-electron chi connectivity index (χ0n) is 14.6. The highest BCUT2D eigenvalue weighted by Crippen LogP contribution is 2.25. The Labute approximate surface area is 151 Å². The van der Waals surface area contributed by atoms with Gasteiger partial charge in [-0.15, -0.1) is 0 Å². The number of ether oxygens (including phenoxy) is 1. The van der Waals surface area contributed by atoms with Gasteiger partial charge in [-0.05, 0) is 25.0 Å². The van der Waals surface area contributed by atoms with E-state index in [0.29, 0.717) is 17.7 Å². The summed E-state index contributed by atoms with van der Waals surface area (Å²) in [4.78, 5) is 34.7. The van der Waals surface area contributed by atoms with E-state index in [1.807, 2.05) is 37.3 Å². The highest BCUT2D eigenvalue weighted by molar-refractivity contribution is 5.94. The number of nitrogens with one attached hydrogen (secondary N) is 1. The monoisotopic (exact) mass is 356 g/mol. The van der Waals surface area contributed by atoms with Crippen molar-refractivity contribution in [1.82, 2.24) is 0 Å². The minimum Gasteiger partial charge on any atom is -0.455 e. The molecule has 0 bridgehead atoms. The molecule has 7 heteroatoms. The molecular weight excluding hydrogens is 336 g/mol. The van der Waals surface area contributed by atoms with E-state index in [1.165, 1.54) is 12.1 Å². The zero-order chi connectivity index (χ0) is 19.1. The lowest BCUT2D eigenvalue weighted by molar-refractivity contribution is -0.385. The number of nitro groups is 1. The Morgan fingerprint density at radius 2 is 1.85 bits per heavy atom. The normalized spacial score (nSPS) is 11.5. The molecule has 0 aliphatic heterocycles. The molecule has 0 heterocycles. The summed E-state index contributed by atoms with van der Waals surface area (Å²) in [6, 6.07) is 13.6. The van der Waals surface area contributed by atoms with Gasteiger partial charge in [-0.1, -0.05) is 43.3 Å². The fourth-order valence-electron chi connectivity index (χ4n) is 2.60. The van der Waals surface area contributed by atoms with Crippen molar-refractivity contribution in [2.24, 2.45) is 0 Å². The highest BCUT2D eigenvalue weighted by Gasteiger charge is 2.21. The number of nitrogens with zero attached hydrogens (tertiary/aromatic N) is 1. The van der Waals surface area contributed by atoms with Crippen LogP contribution in [0.1, 0.15) is 30.4 Å². The van der Waals surface area contributed by atoms with Crippen LogP contribution in [0.15, 0.2) is 48.5 Å². The van der Waals surface area contributed by atoms with E-state index in [4.69, 9.17) is 4.74 Å². The summed E-state index contributed by atoms with van der Waals surface area (Å²) in [7, 11) is 0. The Balaban J connectivity index is 1.97. The van der Waals surface area contributed by atoms with Gasteiger partial charge in [0.25, 0.3) is 11.6 Å². The van der Waals surface area contributed by atoms with E-state index < -0.39 is 29.3 Å². The first kappa shape index (κ1) is 19.1. The van der Waals surface area contributed by atoms with Crippen LogP contribution in [0.25, 0.3) is 0 Å². The van der Waals surface area contributed by atoms with E-state index in [-0.39, 0.29) is 5.69 Å². The van der Waals surface area contributed by atoms with Gasteiger partial charge >= 0.3 is 5.97 Å². The molecule has 7 nitrogen and oxygen atoms in total. The van der Waals surface area contributed by atoms with Crippen LogP contribution in [0.5, 0.6) is 0 Å². The summed E-state index contributed by atoms with van der Waals surface area (Å²) in [5.74, 6) is -1.47. The smallest absolute Gasteiger partial charge is 0.313 e. The number of amides is 1. The van der Waals surface area contributed by atoms with Gasteiger partial charge in [0.05, 0.1) is 22.1 Å². The maximum Gasteiger partial charge on any atom is 0.313 e. The van der Waals surface area contributed by atoms with E-state index in [1.54, 1.807) is 13.0 Å². The van der Waals surface area contributed by atoms with Crippen molar-refractivity contribution in [1.29, 1.82) is 0 Å². The van der Waals surface area contributed by atoms with Crippen LogP contribution in [0.4, 0.5) is 11.4 Å². The molecule has 26 heavy (non-hydrogen) atoms. The lowest BCUT2D eigenvalue weighted by atomic mass is 9.97. The predicted octanol–water partition coefficient (Wildman–Crippen LogP) is 3.58. The second-order valence-corrected chi connectivity index (χ2v) is 5.73. The number of hydrogen-bond acceptors (Lipinski definition) is 5. The lowest BCUT2D eigenvalue weighted by Gasteiger charge is -2.14. The maximum atomic E-state index is 12.3. The zero-order valence-corrected chi connectivity index (χ0v) is 14.6. The van der Waals surface area contributed by atoms with Gasteiger partial charge in [-0.3, -0.25) is 19.7 Å². The van der Waals surface area contributed by atoms with Crippen LogP contribution in [0.3, 0.4) is 0 Å². The van der Waals surface area contributed by atoms with Crippen molar-refractivity contribution < 1.29 is 19.2 Å². The molecule has 0 aliphatic rings. The number of esters is 1. The van der Waals surface area contributed by atoms with Gasteiger partial charge in [-0.2, -0.15) is 0 Å². The van der Waals surface area contributed by atoms with Crippen molar-refractivity contribution in [3.8, 4) is 0 Å². The average Bonchev–Trinajstić information content (AvgIpc) is 2.63. The molecule has 0 saturated heterocycles. The first-order chi connectivity index (χ1) is 12.4. The summed E-state index contributed by atoms with van der Waals surface area (Å²) in [6.07, 6.45) is 0.550. The van der Waals surface area contributed by atoms with Crippen LogP contribution in [-0.2, 0) is 14.3 Å². The Morgan fingerprint density at radius 1 is 1.15 bits per heavy atom. The quantitative estimate of drug-likeness (QED) is 0.464. The summed E-state index contributed by atoms with van der Waals surface area (Å²) in [6.45, 7) is 2.96. The first-order valence-electron chi connectivity index (χ1n) is 8.19. The van der Waals surface area contributed by atoms with Gasteiger partial charge in [0, 0.05) is 6.07 Å². The summed E-state index contributed by atoms with van der Waals surface area (Å²) in [5, 5.41) is 13.5. The van der Waals surface area contributed by atoms with E-state index in [9.17, 15) is 19.7 Å². The minimum absolute atomic E-state index is 0.0880.